The van der Waals surface area contributed by atoms with Gasteiger partial charge in [-0.3, -0.25) is 9.59 Å². The number of aryl methyl sites for hydroxylation is 1. The van der Waals surface area contributed by atoms with Gasteiger partial charge in [0, 0.05) is 24.2 Å². The number of Topliss-reactive ketones (excluding diaryl/α,β-unsaturated/α-hetero) is 1. The maximum Gasteiger partial charge on any atom is 0.254 e. The normalized spacial score (nSPS) is 15.1. The number of rotatable bonds is 2. The monoisotopic (exact) mass is 231 g/mol. The molecule has 2 rings (SSSR count). The van der Waals surface area contributed by atoms with Gasteiger partial charge in [0.15, 0.2) is 5.78 Å². The van der Waals surface area contributed by atoms with Gasteiger partial charge < -0.3 is 4.90 Å². The summed E-state index contributed by atoms with van der Waals surface area (Å²) in [5.41, 5.74) is 2.21. The molecule has 1 heterocycles. The highest BCUT2D eigenvalue weighted by atomic mass is 16.2. The Bertz CT molecular complexity index is 459. The zero-order valence-electron chi connectivity index (χ0n) is 10.3. The van der Waals surface area contributed by atoms with Crippen LogP contribution in [0.1, 0.15) is 46.0 Å². The van der Waals surface area contributed by atoms with E-state index in [1.165, 1.54) is 6.92 Å². The van der Waals surface area contributed by atoms with Crippen LogP contribution in [-0.4, -0.2) is 29.7 Å². The fourth-order valence-corrected chi connectivity index (χ4v) is 2.16. The molecule has 0 atom stereocenters. The quantitative estimate of drug-likeness (QED) is 0.733. The van der Waals surface area contributed by atoms with Gasteiger partial charge in [-0.05, 0) is 38.3 Å². The molecule has 0 unspecified atom stereocenters. The van der Waals surface area contributed by atoms with Gasteiger partial charge in [0.05, 0.1) is 0 Å². The highest BCUT2D eigenvalue weighted by molar-refractivity contribution is 6.00. The van der Waals surface area contributed by atoms with E-state index in [0.29, 0.717) is 11.1 Å². The second kappa shape index (κ2) is 4.70. The van der Waals surface area contributed by atoms with Crippen LogP contribution in [0.2, 0.25) is 0 Å². The number of carbonyl (C=O) groups is 2. The first kappa shape index (κ1) is 11.8. The second-order valence-electron chi connectivity index (χ2n) is 4.59. The molecular weight excluding hydrogens is 214 g/mol. The van der Waals surface area contributed by atoms with Crippen molar-refractivity contribution in [1.29, 1.82) is 0 Å². The van der Waals surface area contributed by atoms with Crippen molar-refractivity contribution in [3.8, 4) is 0 Å². The first-order valence-electron chi connectivity index (χ1n) is 6.00. The number of hydrogen-bond donors (Lipinski definition) is 0. The minimum absolute atomic E-state index is 0.000437. The molecule has 0 spiro atoms. The summed E-state index contributed by atoms with van der Waals surface area (Å²) in [6, 6.07) is 5.34. The van der Waals surface area contributed by atoms with Crippen LogP contribution in [0, 0.1) is 6.92 Å². The molecule has 0 aromatic heterocycles. The molecule has 1 saturated heterocycles. The Balaban J connectivity index is 2.32. The van der Waals surface area contributed by atoms with Crippen LogP contribution < -0.4 is 0 Å². The van der Waals surface area contributed by atoms with E-state index in [0.717, 1.165) is 31.5 Å². The van der Waals surface area contributed by atoms with Gasteiger partial charge in [0.1, 0.15) is 0 Å². The highest BCUT2D eigenvalue weighted by Crippen LogP contribution is 2.17. The smallest absolute Gasteiger partial charge is 0.254 e. The molecule has 0 aliphatic carbocycles. The molecule has 1 aliphatic heterocycles. The zero-order valence-corrected chi connectivity index (χ0v) is 10.3. The number of carbonyl (C=O) groups excluding carboxylic acids is 2. The van der Waals surface area contributed by atoms with Crippen LogP contribution in [0.3, 0.4) is 0 Å². The van der Waals surface area contributed by atoms with Gasteiger partial charge in [-0.1, -0.05) is 12.1 Å². The van der Waals surface area contributed by atoms with E-state index in [9.17, 15) is 9.59 Å². The average molecular weight is 231 g/mol. The van der Waals surface area contributed by atoms with Gasteiger partial charge in [0.25, 0.3) is 5.91 Å². The lowest BCUT2D eigenvalue weighted by molar-refractivity contribution is 0.0792. The number of ketones is 1. The molecule has 1 aromatic carbocycles. The molecule has 0 saturated carbocycles. The molecule has 1 aromatic rings. The zero-order chi connectivity index (χ0) is 12.4. The minimum atomic E-state index is 0.000437. The van der Waals surface area contributed by atoms with E-state index in [-0.39, 0.29) is 11.7 Å². The van der Waals surface area contributed by atoms with E-state index in [1.54, 1.807) is 12.1 Å². The van der Waals surface area contributed by atoms with Crippen LogP contribution >= 0.6 is 0 Å². The van der Waals surface area contributed by atoms with Crippen LogP contribution in [-0.2, 0) is 0 Å². The Morgan fingerprint density at radius 2 is 1.82 bits per heavy atom. The summed E-state index contributed by atoms with van der Waals surface area (Å²) >= 11 is 0. The summed E-state index contributed by atoms with van der Waals surface area (Å²) < 4.78 is 0. The number of hydrogen-bond acceptors (Lipinski definition) is 2. The molecule has 0 radical (unpaired) electrons. The Hall–Kier alpha value is -1.64. The molecule has 0 N–H and O–H groups in total. The van der Waals surface area contributed by atoms with Crippen molar-refractivity contribution in [1.82, 2.24) is 4.90 Å². The second-order valence-corrected chi connectivity index (χ2v) is 4.59. The summed E-state index contributed by atoms with van der Waals surface area (Å²) in [7, 11) is 0. The molecule has 0 bridgehead atoms. The van der Waals surface area contributed by atoms with Crippen LogP contribution in [0.5, 0.6) is 0 Å². The predicted octanol–water partition coefficient (Wildman–Crippen LogP) is 2.43. The van der Waals surface area contributed by atoms with E-state index < -0.39 is 0 Å². The fraction of sp³-hybridized carbons (Fsp3) is 0.429. The third-order valence-electron chi connectivity index (χ3n) is 3.27. The molecule has 3 nitrogen and oxygen atoms in total. The lowest BCUT2D eigenvalue weighted by atomic mass is 10.0. The third kappa shape index (κ3) is 2.38. The Labute approximate surface area is 101 Å². The summed E-state index contributed by atoms with van der Waals surface area (Å²) in [4.78, 5) is 25.5. The van der Waals surface area contributed by atoms with Gasteiger partial charge in [0.2, 0.25) is 0 Å². The summed E-state index contributed by atoms with van der Waals surface area (Å²) in [5, 5.41) is 0. The predicted molar refractivity (Wildman–Crippen MR) is 66.3 cm³/mol. The number of likely N-dealkylation sites (tertiary alicyclic amines) is 1. The molecule has 1 aliphatic rings. The maximum absolute atomic E-state index is 12.3. The Morgan fingerprint density at radius 3 is 2.41 bits per heavy atom. The standard InChI is InChI=1S/C14H17NO2/c1-10-5-6-12(11(2)16)9-13(10)14(17)15-7-3-4-8-15/h5-6,9H,3-4,7-8H2,1-2H3. The van der Waals surface area contributed by atoms with Crippen LogP contribution in [0.25, 0.3) is 0 Å². The third-order valence-corrected chi connectivity index (χ3v) is 3.27. The topological polar surface area (TPSA) is 37.4 Å². The first-order chi connectivity index (χ1) is 8.09. The van der Waals surface area contributed by atoms with Crippen molar-refractivity contribution in [2.75, 3.05) is 13.1 Å². The largest absolute Gasteiger partial charge is 0.339 e. The van der Waals surface area contributed by atoms with E-state index in [1.807, 2.05) is 17.9 Å². The summed E-state index contributed by atoms with van der Waals surface area (Å²) in [6.07, 6.45) is 2.16. The van der Waals surface area contributed by atoms with Gasteiger partial charge in [-0.15, -0.1) is 0 Å². The molecule has 90 valence electrons. The lowest BCUT2D eigenvalue weighted by Crippen LogP contribution is -2.28. The summed E-state index contributed by atoms with van der Waals surface area (Å²) in [6.45, 7) is 5.10. The van der Waals surface area contributed by atoms with Crippen LogP contribution in [0.4, 0.5) is 0 Å². The average Bonchev–Trinajstić information content (AvgIpc) is 2.81. The number of amides is 1. The highest BCUT2D eigenvalue weighted by Gasteiger charge is 2.21. The maximum atomic E-state index is 12.3. The molecule has 17 heavy (non-hydrogen) atoms. The van der Waals surface area contributed by atoms with Crippen LogP contribution in [0.15, 0.2) is 18.2 Å². The summed E-state index contributed by atoms with van der Waals surface area (Å²) in [5.74, 6) is 0.0589. The number of benzene rings is 1. The molecular formula is C14H17NO2. The van der Waals surface area contributed by atoms with Gasteiger partial charge >= 0.3 is 0 Å². The molecule has 1 amide bonds. The van der Waals surface area contributed by atoms with Gasteiger partial charge in [-0.25, -0.2) is 0 Å². The lowest BCUT2D eigenvalue weighted by Gasteiger charge is -2.17. The van der Waals surface area contributed by atoms with E-state index in [4.69, 9.17) is 0 Å². The molecule has 3 heteroatoms. The number of nitrogens with zero attached hydrogens (tertiary/aromatic N) is 1. The van der Waals surface area contributed by atoms with Crippen molar-refractivity contribution >= 4 is 11.7 Å². The fourth-order valence-electron chi connectivity index (χ4n) is 2.16. The van der Waals surface area contributed by atoms with Crippen molar-refractivity contribution in [2.24, 2.45) is 0 Å². The Morgan fingerprint density at radius 1 is 1.18 bits per heavy atom. The van der Waals surface area contributed by atoms with Crippen molar-refractivity contribution in [3.63, 3.8) is 0 Å². The van der Waals surface area contributed by atoms with Crippen molar-refractivity contribution < 1.29 is 9.59 Å². The van der Waals surface area contributed by atoms with Crippen molar-refractivity contribution in [2.45, 2.75) is 26.7 Å². The first-order valence-corrected chi connectivity index (χ1v) is 6.00. The minimum Gasteiger partial charge on any atom is -0.339 e. The van der Waals surface area contributed by atoms with E-state index in [2.05, 4.69) is 0 Å². The Kier molecular flexibility index (Phi) is 3.27. The molecule has 1 fully saturated rings. The SMILES string of the molecule is CC(=O)c1ccc(C)c(C(=O)N2CCCC2)c1. The van der Waals surface area contributed by atoms with Gasteiger partial charge in [-0.2, -0.15) is 0 Å². The van der Waals surface area contributed by atoms with E-state index >= 15 is 0 Å². The van der Waals surface area contributed by atoms with Crippen molar-refractivity contribution in [3.05, 3.63) is 34.9 Å².